The number of aromatic nitrogens is 1. The number of hydrogen-bond donors (Lipinski definition) is 1. The van der Waals surface area contributed by atoms with Crippen LogP contribution < -0.4 is 5.32 Å². The van der Waals surface area contributed by atoms with E-state index in [4.69, 9.17) is 5.26 Å². The molecule has 1 aromatic rings. The zero-order chi connectivity index (χ0) is 11.3. The molecule has 0 aliphatic carbocycles. The minimum Gasteiger partial charge on any atom is -0.310 e. The molecular formula is C12H17N3. The van der Waals surface area contributed by atoms with Gasteiger partial charge in [0.1, 0.15) is 0 Å². The molecule has 3 heteroatoms. The maximum absolute atomic E-state index is 8.84. The van der Waals surface area contributed by atoms with E-state index in [2.05, 4.69) is 16.4 Å². The summed E-state index contributed by atoms with van der Waals surface area (Å²) in [5.74, 6) is 0. The molecule has 0 saturated carbocycles. The number of nitriles is 1. The number of hydrogen-bond acceptors (Lipinski definition) is 3. The highest BCUT2D eigenvalue weighted by molar-refractivity contribution is 5.17. The Balaban J connectivity index is 2.46. The lowest BCUT2D eigenvalue weighted by Crippen LogP contribution is -2.28. The van der Waals surface area contributed by atoms with Gasteiger partial charge in [0.2, 0.25) is 0 Å². The molecule has 0 unspecified atom stereocenters. The lowest BCUT2D eigenvalue weighted by molar-refractivity contribution is 0.443. The fraction of sp³-hybridized carbons (Fsp3) is 0.500. The maximum Gasteiger partial charge on any atom is 0.0697 e. The molecule has 0 bridgehead atoms. The summed E-state index contributed by atoms with van der Waals surface area (Å²) in [6, 6.07) is 6.23. The predicted molar refractivity (Wildman–Crippen MR) is 60.1 cm³/mol. The minimum atomic E-state index is -0.317. The van der Waals surface area contributed by atoms with Crippen LogP contribution in [-0.4, -0.2) is 11.5 Å². The van der Waals surface area contributed by atoms with Gasteiger partial charge in [-0.05, 0) is 32.4 Å². The molecule has 0 aromatic carbocycles. The number of nitrogens with zero attached hydrogens (tertiary/aromatic N) is 2. The van der Waals surface area contributed by atoms with Crippen LogP contribution in [0.3, 0.4) is 0 Å². The number of rotatable bonds is 4. The lowest BCUT2D eigenvalue weighted by Gasteiger charge is -2.15. The Labute approximate surface area is 91.1 Å². The van der Waals surface area contributed by atoms with Gasteiger partial charge < -0.3 is 5.32 Å². The van der Waals surface area contributed by atoms with Gasteiger partial charge in [0, 0.05) is 19.3 Å². The van der Waals surface area contributed by atoms with Crippen LogP contribution in [0.15, 0.2) is 18.3 Å². The van der Waals surface area contributed by atoms with Crippen molar-refractivity contribution in [3.8, 4) is 6.07 Å². The van der Waals surface area contributed by atoms with E-state index in [0.29, 0.717) is 6.54 Å². The van der Waals surface area contributed by atoms with Crippen molar-refractivity contribution < 1.29 is 0 Å². The fourth-order valence-corrected chi connectivity index (χ4v) is 1.24. The van der Waals surface area contributed by atoms with Crippen LogP contribution in [-0.2, 0) is 6.54 Å². The summed E-state index contributed by atoms with van der Waals surface area (Å²) < 4.78 is 0. The van der Waals surface area contributed by atoms with Crippen LogP contribution in [0.4, 0.5) is 0 Å². The second-order valence-corrected chi connectivity index (χ2v) is 4.37. The molecule has 0 aliphatic heterocycles. The van der Waals surface area contributed by atoms with E-state index in [9.17, 15) is 0 Å². The zero-order valence-electron chi connectivity index (χ0n) is 9.54. The monoisotopic (exact) mass is 203 g/mol. The third-order valence-electron chi connectivity index (χ3n) is 2.28. The largest absolute Gasteiger partial charge is 0.310 e. The van der Waals surface area contributed by atoms with E-state index < -0.39 is 0 Å². The van der Waals surface area contributed by atoms with Crippen molar-refractivity contribution in [2.24, 2.45) is 5.41 Å². The molecule has 1 heterocycles. The van der Waals surface area contributed by atoms with E-state index in [1.807, 2.05) is 32.9 Å². The summed E-state index contributed by atoms with van der Waals surface area (Å²) >= 11 is 0. The van der Waals surface area contributed by atoms with E-state index in [-0.39, 0.29) is 5.41 Å². The molecular weight excluding hydrogens is 186 g/mol. The highest BCUT2D eigenvalue weighted by Gasteiger charge is 2.15. The molecule has 0 aliphatic rings. The van der Waals surface area contributed by atoms with Crippen molar-refractivity contribution in [1.82, 2.24) is 10.3 Å². The number of aryl methyl sites for hydroxylation is 1. The first-order chi connectivity index (χ1) is 7.05. The third kappa shape index (κ3) is 3.69. The highest BCUT2D eigenvalue weighted by atomic mass is 14.9. The van der Waals surface area contributed by atoms with Crippen LogP contribution in [0.1, 0.15) is 25.1 Å². The molecule has 0 atom stereocenters. The van der Waals surface area contributed by atoms with Gasteiger partial charge in [0.05, 0.1) is 17.2 Å². The first-order valence-corrected chi connectivity index (χ1v) is 5.07. The smallest absolute Gasteiger partial charge is 0.0697 e. The number of nitrogens with one attached hydrogen (secondary N) is 1. The van der Waals surface area contributed by atoms with E-state index in [1.165, 1.54) is 5.56 Å². The van der Waals surface area contributed by atoms with Crippen LogP contribution >= 0.6 is 0 Å². The molecule has 0 fully saturated rings. The third-order valence-corrected chi connectivity index (χ3v) is 2.28. The summed E-state index contributed by atoms with van der Waals surface area (Å²) in [5, 5.41) is 12.1. The Morgan fingerprint density at radius 3 is 2.87 bits per heavy atom. The highest BCUT2D eigenvalue weighted by Crippen LogP contribution is 2.11. The fourth-order valence-electron chi connectivity index (χ4n) is 1.24. The quantitative estimate of drug-likeness (QED) is 0.814. The average Bonchev–Trinajstić information content (AvgIpc) is 2.21. The Hall–Kier alpha value is -1.40. The van der Waals surface area contributed by atoms with Gasteiger partial charge in [0.25, 0.3) is 0 Å². The van der Waals surface area contributed by atoms with E-state index in [0.717, 1.165) is 12.2 Å². The van der Waals surface area contributed by atoms with Crippen molar-refractivity contribution in [3.05, 3.63) is 29.6 Å². The van der Waals surface area contributed by atoms with Crippen LogP contribution in [0.5, 0.6) is 0 Å². The van der Waals surface area contributed by atoms with Crippen LogP contribution in [0, 0.1) is 23.7 Å². The molecule has 1 N–H and O–H groups in total. The second kappa shape index (κ2) is 4.90. The molecule has 0 amide bonds. The Kier molecular flexibility index (Phi) is 3.81. The average molecular weight is 203 g/mol. The topological polar surface area (TPSA) is 48.7 Å². The Morgan fingerprint density at radius 2 is 2.27 bits per heavy atom. The minimum absolute atomic E-state index is 0.317. The van der Waals surface area contributed by atoms with Crippen molar-refractivity contribution in [1.29, 1.82) is 5.26 Å². The molecule has 15 heavy (non-hydrogen) atoms. The molecule has 3 nitrogen and oxygen atoms in total. The van der Waals surface area contributed by atoms with Crippen molar-refractivity contribution in [2.45, 2.75) is 27.3 Å². The van der Waals surface area contributed by atoms with Crippen molar-refractivity contribution in [3.63, 3.8) is 0 Å². The standard InChI is InChI=1S/C12H17N3/c1-10-5-4-6-15-11(10)7-14-9-12(2,3)8-13/h4-6,14H,7,9H2,1-3H3. The summed E-state index contributed by atoms with van der Waals surface area (Å²) in [6.45, 7) is 7.29. The van der Waals surface area contributed by atoms with Crippen LogP contribution in [0.2, 0.25) is 0 Å². The first kappa shape index (κ1) is 11.7. The Bertz CT molecular complexity index is 363. The SMILES string of the molecule is Cc1cccnc1CNCC(C)(C)C#N. The summed E-state index contributed by atoms with van der Waals surface area (Å²) in [6.07, 6.45) is 1.79. The van der Waals surface area contributed by atoms with Gasteiger partial charge in [-0.25, -0.2) is 0 Å². The zero-order valence-corrected chi connectivity index (χ0v) is 9.54. The lowest BCUT2D eigenvalue weighted by atomic mass is 9.96. The predicted octanol–water partition coefficient (Wildman–Crippen LogP) is 2.03. The molecule has 0 saturated heterocycles. The van der Waals surface area contributed by atoms with Gasteiger partial charge >= 0.3 is 0 Å². The van der Waals surface area contributed by atoms with Gasteiger partial charge in [-0.3, -0.25) is 4.98 Å². The molecule has 0 radical (unpaired) electrons. The normalized spacial score (nSPS) is 11.1. The molecule has 1 rings (SSSR count). The molecule has 1 aromatic heterocycles. The van der Waals surface area contributed by atoms with Gasteiger partial charge in [0.15, 0.2) is 0 Å². The maximum atomic E-state index is 8.84. The van der Waals surface area contributed by atoms with Gasteiger partial charge in [-0.15, -0.1) is 0 Å². The summed E-state index contributed by atoms with van der Waals surface area (Å²) in [4.78, 5) is 4.28. The van der Waals surface area contributed by atoms with Gasteiger partial charge in [-0.2, -0.15) is 5.26 Å². The number of pyridine rings is 1. The second-order valence-electron chi connectivity index (χ2n) is 4.37. The van der Waals surface area contributed by atoms with Crippen molar-refractivity contribution >= 4 is 0 Å². The first-order valence-electron chi connectivity index (χ1n) is 5.07. The van der Waals surface area contributed by atoms with E-state index in [1.54, 1.807) is 6.20 Å². The summed E-state index contributed by atoms with van der Waals surface area (Å²) in [7, 11) is 0. The van der Waals surface area contributed by atoms with Crippen LogP contribution in [0.25, 0.3) is 0 Å². The molecule has 0 spiro atoms. The Morgan fingerprint density at radius 1 is 1.53 bits per heavy atom. The van der Waals surface area contributed by atoms with Gasteiger partial charge in [-0.1, -0.05) is 6.07 Å². The van der Waals surface area contributed by atoms with Crippen molar-refractivity contribution in [2.75, 3.05) is 6.54 Å². The molecule has 80 valence electrons. The summed E-state index contributed by atoms with van der Waals surface area (Å²) in [5.41, 5.74) is 1.91. The van der Waals surface area contributed by atoms with E-state index >= 15 is 0 Å².